The van der Waals surface area contributed by atoms with Crippen LogP contribution in [0.4, 0.5) is 0 Å². The third kappa shape index (κ3) is 3.22. The first-order chi connectivity index (χ1) is 7.04. The number of nitrogens with two attached hydrogens (primary N) is 1. The molecule has 1 atom stereocenters. The second-order valence-corrected chi connectivity index (χ2v) is 3.98. The Morgan fingerprint density at radius 2 is 2.27 bits per heavy atom. The van der Waals surface area contributed by atoms with Gasteiger partial charge in [-0.15, -0.1) is 0 Å². The molecule has 0 bridgehead atoms. The summed E-state index contributed by atoms with van der Waals surface area (Å²) in [5.74, 6) is -0.144. The van der Waals surface area contributed by atoms with E-state index in [9.17, 15) is 4.79 Å². The topological polar surface area (TPSA) is 55.1 Å². The molecular formula is C11H15ClN2O. The number of amides is 1. The molecule has 0 unspecified atom stereocenters. The fourth-order valence-electron chi connectivity index (χ4n) is 1.10. The van der Waals surface area contributed by atoms with Crippen LogP contribution in [0.3, 0.4) is 0 Å². The van der Waals surface area contributed by atoms with Gasteiger partial charge in [0.1, 0.15) is 0 Å². The van der Waals surface area contributed by atoms with Gasteiger partial charge in [0.15, 0.2) is 0 Å². The molecule has 15 heavy (non-hydrogen) atoms. The molecule has 1 rings (SSSR count). The zero-order chi connectivity index (χ0) is 11.4. The molecule has 0 saturated heterocycles. The maximum absolute atomic E-state index is 11.7. The molecule has 0 fully saturated rings. The van der Waals surface area contributed by atoms with E-state index in [0.717, 1.165) is 5.56 Å². The number of nitrogens with one attached hydrogen (secondary N) is 1. The van der Waals surface area contributed by atoms with Crippen molar-refractivity contribution in [2.24, 2.45) is 5.73 Å². The first kappa shape index (κ1) is 12.0. The number of halogens is 1. The van der Waals surface area contributed by atoms with E-state index < -0.39 is 0 Å². The van der Waals surface area contributed by atoms with Crippen molar-refractivity contribution in [3.05, 3.63) is 34.3 Å². The van der Waals surface area contributed by atoms with E-state index in [0.29, 0.717) is 17.1 Å². The van der Waals surface area contributed by atoms with Crippen molar-refractivity contribution in [1.29, 1.82) is 0 Å². The van der Waals surface area contributed by atoms with Crippen LogP contribution in [0, 0.1) is 6.92 Å². The monoisotopic (exact) mass is 226 g/mol. The summed E-state index contributed by atoms with van der Waals surface area (Å²) in [6.45, 7) is 4.17. The third-order valence-corrected chi connectivity index (χ3v) is 2.57. The quantitative estimate of drug-likeness (QED) is 0.825. The highest BCUT2D eigenvalue weighted by Gasteiger charge is 2.09. The van der Waals surface area contributed by atoms with Gasteiger partial charge in [-0.3, -0.25) is 4.79 Å². The molecule has 4 heteroatoms. The molecule has 3 N–H and O–H groups in total. The average Bonchev–Trinajstić information content (AvgIpc) is 2.21. The smallest absolute Gasteiger partial charge is 0.251 e. The number of carbonyl (C=O) groups is 1. The number of benzene rings is 1. The molecule has 0 spiro atoms. The first-order valence-corrected chi connectivity index (χ1v) is 5.19. The maximum Gasteiger partial charge on any atom is 0.251 e. The molecule has 0 saturated carbocycles. The van der Waals surface area contributed by atoms with E-state index >= 15 is 0 Å². The van der Waals surface area contributed by atoms with Crippen LogP contribution < -0.4 is 11.1 Å². The molecule has 0 aliphatic heterocycles. The fourth-order valence-corrected chi connectivity index (χ4v) is 1.28. The Morgan fingerprint density at radius 1 is 1.60 bits per heavy atom. The van der Waals surface area contributed by atoms with E-state index in [1.165, 1.54) is 0 Å². The minimum Gasteiger partial charge on any atom is -0.348 e. The molecule has 0 aliphatic rings. The molecule has 1 amide bonds. The second kappa shape index (κ2) is 5.14. The van der Waals surface area contributed by atoms with Gasteiger partial charge < -0.3 is 11.1 Å². The Bertz CT molecular complexity index is 366. The molecule has 3 nitrogen and oxygen atoms in total. The Labute approximate surface area is 94.6 Å². The Kier molecular flexibility index (Phi) is 4.12. The lowest BCUT2D eigenvalue weighted by Gasteiger charge is -2.11. The SMILES string of the molecule is Cc1ccc(C(=O)N[C@H](C)CN)cc1Cl. The van der Waals surface area contributed by atoms with Crippen molar-refractivity contribution in [3.63, 3.8) is 0 Å². The molecule has 0 aromatic heterocycles. The fraction of sp³-hybridized carbons (Fsp3) is 0.364. The van der Waals surface area contributed by atoms with Gasteiger partial charge in [-0.1, -0.05) is 17.7 Å². The minimum absolute atomic E-state index is 0.0300. The van der Waals surface area contributed by atoms with Crippen LogP contribution in [0.1, 0.15) is 22.8 Å². The molecule has 1 aromatic carbocycles. The lowest BCUT2D eigenvalue weighted by Crippen LogP contribution is -2.37. The van der Waals surface area contributed by atoms with Crippen molar-refractivity contribution in [3.8, 4) is 0 Å². The van der Waals surface area contributed by atoms with E-state index in [4.69, 9.17) is 17.3 Å². The lowest BCUT2D eigenvalue weighted by atomic mass is 10.1. The third-order valence-electron chi connectivity index (χ3n) is 2.17. The summed E-state index contributed by atoms with van der Waals surface area (Å²) in [6.07, 6.45) is 0. The van der Waals surface area contributed by atoms with Gasteiger partial charge in [-0.05, 0) is 31.5 Å². The van der Waals surface area contributed by atoms with Gasteiger partial charge in [0.05, 0.1) is 0 Å². The number of hydrogen-bond donors (Lipinski definition) is 2. The summed E-state index contributed by atoms with van der Waals surface area (Å²) < 4.78 is 0. The van der Waals surface area contributed by atoms with Crippen molar-refractivity contribution in [2.75, 3.05) is 6.54 Å². The second-order valence-electron chi connectivity index (χ2n) is 3.57. The molecule has 0 aliphatic carbocycles. The maximum atomic E-state index is 11.7. The van der Waals surface area contributed by atoms with Gasteiger partial charge in [-0.2, -0.15) is 0 Å². The summed E-state index contributed by atoms with van der Waals surface area (Å²) in [5.41, 5.74) is 6.93. The molecule has 1 aromatic rings. The van der Waals surface area contributed by atoms with Crippen molar-refractivity contribution < 1.29 is 4.79 Å². The van der Waals surface area contributed by atoms with Crippen LogP contribution in [0.5, 0.6) is 0 Å². The molecule has 0 radical (unpaired) electrons. The summed E-state index contributed by atoms with van der Waals surface area (Å²) in [6, 6.07) is 5.21. The van der Waals surface area contributed by atoms with Crippen molar-refractivity contribution in [1.82, 2.24) is 5.32 Å². The van der Waals surface area contributed by atoms with Gasteiger partial charge in [0.2, 0.25) is 0 Å². The molecule has 0 heterocycles. The van der Waals surface area contributed by atoms with E-state index in [1.54, 1.807) is 12.1 Å². The van der Waals surface area contributed by atoms with E-state index in [-0.39, 0.29) is 11.9 Å². The van der Waals surface area contributed by atoms with Gasteiger partial charge in [0.25, 0.3) is 5.91 Å². The minimum atomic E-state index is -0.144. The summed E-state index contributed by atoms with van der Waals surface area (Å²) >= 11 is 5.92. The van der Waals surface area contributed by atoms with Crippen molar-refractivity contribution in [2.45, 2.75) is 19.9 Å². The summed E-state index contributed by atoms with van der Waals surface area (Å²) in [4.78, 5) is 11.7. The Hall–Kier alpha value is -1.06. The highest BCUT2D eigenvalue weighted by atomic mass is 35.5. The van der Waals surface area contributed by atoms with Crippen LogP contribution in [-0.4, -0.2) is 18.5 Å². The lowest BCUT2D eigenvalue weighted by molar-refractivity contribution is 0.0941. The van der Waals surface area contributed by atoms with Gasteiger partial charge in [-0.25, -0.2) is 0 Å². The average molecular weight is 227 g/mol. The predicted molar refractivity (Wildman–Crippen MR) is 62.2 cm³/mol. The zero-order valence-electron chi connectivity index (χ0n) is 8.88. The zero-order valence-corrected chi connectivity index (χ0v) is 9.64. The van der Waals surface area contributed by atoms with Gasteiger partial charge in [0, 0.05) is 23.2 Å². The van der Waals surface area contributed by atoms with Gasteiger partial charge >= 0.3 is 0 Å². The van der Waals surface area contributed by atoms with Crippen LogP contribution >= 0.6 is 11.6 Å². The molecular weight excluding hydrogens is 212 g/mol. The highest BCUT2D eigenvalue weighted by molar-refractivity contribution is 6.31. The normalized spacial score (nSPS) is 12.3. The van der Waals surface area contributed by atoms with E-state index in [2.05, 4.69) is 5.32 Å². The summed E-state index contributed by atoms with van der Waals surface area (Å²) in [5, 5.41) is 3.37. The van der Waals surface area contributed by atoms with Crippen LogP contribution in [0.15, 0.2) is 18.2 Å². The van der Waals surface area contributed by atoms with Crippen LogP contribution in [-0.2, 0) is 0 Å². The number of carbonyl (C=O) groups excluding carboxylic acids is 1. The number of hydrogen-bond acceptors (Lipinski definition) is 2. The van der Waals surface area contributed by atoms with Crippen LogP contribution in [0.2, 0.25) is 5.02 Å². The van der Waals surface area contributed by atoms with Crippen LogP contribution in [0.25, 0.3) is 0 Å². The highest BCUT2D eigenvalue weighted by Crippen LogP contribution is 2.16. The van der Waals surface area contributed by atoms with E-state index in [1.807, 2.05) is 19.9 Å². The van der Waals surface area contributed by atoms with Crippen molar-refractivity contribution >= 4 is 17.5 Å². The Balaban J connectivity index is 2.78. The Morgan fingerprint density at radius 3 is 2.80 bits per heavy atom. The molecule has 82 valence electrons. The largest absolute Gasteiger partial charge is 0.348 e. The predicted octanol–water partition coefficient (Wildman–Crippen LogP) is 1.73. The first-order valence-electron chi connectivity index (χ1n) is 4.81. The number of aryl methyl sites for hydroxylation is 1. The standard InChI is InChI=1S/C11H15ClN2O/c1-7-3-4-9(5-10(7)12)11(15)14-8(2)6-13/h3-5,8H,6,13H2,1-2H3,(H,14,15)/t8-/m1/s1. The number of rotatable bonds is 3. The summed E-state index contributed by atoms with van der Waals surface area (Å²) in [7, 11) is 0.